The summed E-state index contributed by atoms with van der Waals surface area (Å²) in [7, 11) is 0. The fourth-order valence-corrected chi connectivity index (χ4v) is 2.55. The van der Waals surface area contributed by atoms with Crippen molar-refractivity contribution in [1.82, 2.24) is 0 Å². The predicted molar refractivity (Wildman–Crippen MR) is 57.1 cm³/mol. The maximum Gasteiger partial charge on any atom is -0.0185 e. The maximum absolute atomic E-state index is 2.37. The monoisotopic (exact) mass is 174 g/mol. The summed E-state index contributed by atoms with van der Waals surface area (Å²) in [6.45, 7) is 6.90. The fourth-order valence-electron chi connectivity index (χ4n) is 2.55. The van der Waals surface area contributed by atoms with Gasteiger partial charge in [0.1, 0.15) is 0 Å². The third-order valence-corrected chi connectivity index (χ3v) is 3.16. The van der Waals surface area contributed by atoms with Gasteiger partial charge >= 0.3 is 0 Å². The van der Waals surface area contributed by atoms with Crippen LogP contribution in [0.1, 0.15) is 42.9 Å². The second-order valence-electron chi connectivity index (χ2n) is 4.65. The molecule has 0 radical (unpaired) electrons. The van der Waals surface area contributed by atoms with E-state index in [1.54, 1.807) is 11.1 Å². The van der Waals surface area contributed by atoms with Crippen molar-refractivity contribution in [2.24, 2.45) is 5.92 Å². The van der Waals surface area contributed by atoms with Gasteiger partial charge in [0, 0.05) is 0 Å². The summed E-state index contributed by atoms with van der Waals surface area (Å²) in [6.07, 6.45) is 2.64. The molecule has 70 valence electrons. The molecule has 0 saturated carbocycles. The molecule has 0 heteroatoms. The van der Waals surface area contributed by atoms with Crippen molar-refractivity contribution in [3.8, 4) is 0 Å². The van der Waals surface area contributed by atoms with E-state index in [9.17, 15) is 0 Å². The number of rotatable bonds is 0. The lowest BCUT2D eigenvalue weighted by molar-refractivity contribution is 0.449. The number of hydrogen-bond acceptors (Lipinski definition) is 0. The average molecular weight is 174 g/mol. The Morgan fingerprint density at radius 3 is 2.77 bits per heavy atom. The summed E-state index contributed by atoms with van der Waals surface area (Å²) < 4.78 is 0. The Bertz CT molecular complexity index is 312. The highest BCUT2D eigenvalue weighted by Crippen LogP contribution is 2.34. The van der Waals surface area contributed by atoms with E-state index in [2.05, 4.69) is 39.0 Å². The first-order chi connectivity index (χ1) is 6.16. The molecule has 1 unspecified atom stereocenters. The molecule has 0 N–H and O–H groups in total. The molecule has 2 rings (SSSR count). The second-order valence-corrected chi connectivity index (χ2v) is 4.65. The highest BCUT2D eigenvalue weighted by molar-refractivity contribution is 5.36. The van der Waals surface area contributed by atoms with E-state index in [0.29, 0.717) is 0 Å². The molecule has 1 aliphatic carbocycles. The van der Waals surface area contributed by atoms with Crippen LogP contribution in [-0.2, 0) is 6.42 Å². The minimum atomic E-state index is 0.763. The normalized spacial score (nSPS) is 27.0. The van der Waals surface area contributed by atoms with Crippen LogP contribution in [0.15, 0.2) is 18.2 Å². The second kappa shape index (κ2) is 3.17. The SMILES string of the molecule is Cc1ccc2c(c1)[C@H](C)CC(C)C2. The van der Waals surface area contributed by atoms with Gasteiger partial charge in [-0.25, -0.2) is 0 Å². The topological polar surface area (TPSA) is 0 Å². The van der Waals surface area contributed by atoms with Crippen molar-refractivity contribution in [3.63, 3.8) is 0 Å². The smallest absolute Gasteiger partial charge is 0.0185 e. The molecule has 2 atom stereocenters. The van der Waals surface area contributed by atoms with Gasteiger partial charge in [-0.1, -0.05) is 37.6 Å². The van der Waals surface area contributed by atoms with Crippen LogP contribution < -0.4 is 0 Å². The van der Waals surface area contributed by atoms with Crippen LogP contribution >= 0.6 is 0 Å². The van der Waals surface area contributed by atoms with Crippen molar-refractivity contribution in [3.05, 3.63) is 34.9 Å². The van der Waals surface area contributed by atoms with Gasteiger partial charge in [0.15, 0.2) is 0 Å². The van der Waals surface area contributed by atoms with Gasteiger partial charge in [-0.3, -0.25) is 0 Å². The van der Waals surface area contributed by atoms with E-state index in [1.165, 1.54) is 18.4 Å². The Hall–Kier alpha value is -0.780. The van der Waals surface area contributed by atoms with Gasteiger partial charge in [0.2, 0.25) is 0 Å². The van der Waals surface area contributed by atoms with Crippen molar-refractivity contribution < 1.29 is 0 Å². The van der Waals surface area contributed by atoms with E-state index in [1.807, 2.05) is 0 Å². The first kappa shape index (κ1) is 8.80. The van der Waals surface area contributed by atoms with Crippen LogP contribution in [0.5, 0.6) is 0 Å². The summed E-state index contributed by atoms with van der Waals surface area (Å²) in [5.74, 6) is 1.63. The quantitative estimate of drug-likeness (QED) is 0.563. The van der Waals surface area contributed by atoms with Crippen molar-refractivity contribution in [2.75, 3.05) is 0 Å². The molecule has 13 heavy (non-hydrogen) atoms. The van der Waals surface area contributed by atoms with Crippen LogP contribution in [0, 0.1) is 12.8 Å². The zero-order valence-corrected chi connectivity index (χ0v) is 8.80. The first-order valence-corrected chi connectivity index (χ1v) is 5.26. The molecule has 0 amide bonds. The van der Waals surface area contributed by atoms with Gasteiger partial charge in [0.05, 0.1) is 0 Å². The van der Waals surface area contributed by atoms with E-state index >= 15 is 0 Å². The minimum Gasteiger partial charge on any atom is -0.0622 e. The van der Waals surface area contributed by atoms with Crippen LogP contribution in [0.4, 0.5) is 0 Å². The molecule has 0 saturated heterocycles. The zero-order valence-electron chi connectivity index (χ0n) is 8.80. The molecule has 0 spiro atoms. The van der Waals surface area contributed by atoms with Gasteiger partial charge < -0.3 is 0 Å². The van der Waals surface area contributed by atoms with Crippen LogP contribution in [0.3, 0.4) is 0 Å². The molecule has 1 aliphatic rings. The van der Waals surface area contributed by atoms with Crippen LogP contribution in [0.2, 0.25) is 0 Å². The summed E-state index contributed by atoms with van der Waals surface area (Å²) in [5, 5.41) is 0. The van der Waals surface area contributed by atoms with Gasteiger partial charge in [-0.05, 0) is 42.7 Å². The molecule has 0 heterocycles. The summed E-state index contributed by atoms with van der Waals surface area (Å²) in [4.78, 5) is 0. The third-order valence-electron chi connectivity index (χ3n) is 3.16. The van der Waals surface area contributed by atoms with Gasteiger partial charge in [-0.2, -0.15) is 0 Å². The number of fused-ring (bicyclic) bond motifs is 1. The third kappa shape index (κ3) is 1.63. The number of aryl methyl sites for hydroxylation is 1. The standard InChI is InChI=1S/C13H18/c1-9-4-5-12-7-10(2)6-11(3)13(12)8-9/h4-5,8,10-11H,6-7H2,1-3H3/t10?,11-/m1/s1. The van der Waals surface area contributed by atoms with Crippen LogP contribution in [0.25, 0.3) is 0 Å². The molecule has 0 aromatic heterocycles. The zero-order chi connectivity index (χ0) is 9.42. The summed E-state index contributed by atoms with van der Waals surface area (Å²) >= 11 is 0. The lowest BCUT2D eigenvalue weighted by Crippen LogP contribution is -2.14. The lowest BCUT2D eigenvalue weighted by atomic mass is 9.78. The van der Waals surface area contributed by atoms with E-state index in [4.69, 9.17) is 0 Å². The number of hydrogen-bond donors (Lipinski definition) is 0. The molecule has 1 aromatic rings. The van der Waals surface area contributed by atoms with Gasteiger partial charge in [0.25, 0.3) is 0 Å². The fraction of sp³-hybridized carbons (Fsp3) is 0.538. The van der Waals surface area contributed by atoms with Gasteiger partial charge in [-0.15, -0.1) is 0 Å². The highest BCUT2D eigenvalue weighted by atomic mass is 14.3. The molecule has 0 fully saturated rings. The Morgan fingerprint density at radius 2 is 2.00 bits per heavy atom. The Morgan fingerprint density at radius 1 is 1.23 bits per heavy atom. The lowest BCUT2D eigenvalue weighted by Gasteiger charge is -2.27. The summed E-state index contributed by atoms with van der Waals surface area (Å²) in [6, 6.07) is 6.92. The molecule has 0 bridgehead atoms. The predicted octanol–water partition coefficient (Wildman–Crippen LogP) is 3.68. The average Bonchev–Trinajstić information content (AvgIpc) is 2.06. The van der Waals surface area contributed by atoms with E-state index < -0.39 is 0 Å². The summed E-state index contributed by atoms with van der Waals surface area (Å²) in [5.41, 5.74) is 4.58. The molecule has 1 aromatic carbocycles. The molecule has 0 aliphatic heterocycles. The van der Waals surface area contributed by atoms with E-state index in [0.717, 1.165) is 11.8 Å². The van der Waals surface area contributed by atoms with Crippen LogP contribution in [-0.4, -0.2) is 0 Å². The highest BCUT2D eigenvalue weighted by Gasteiger charge is 2.20. The van der Waals surface area contributed by atoms with E-state index in [-0.39, 0.29) is 0 Å². The van der Waals surface area contributed by atoms with Crippen molar-refractivity contribution >= 4 is 0 Å². The minimum absolute atomic E-state index is 0.763. The van der Waals surface area contributed by atoms with Crippen molar-refractivity contribution in [1.29, 1.82) is 0 Å². The molecule has 0 nitrogen and oxygen atoms in total. The maximum atomic E-state index is 2.37. The molecular formula is C13H18. The largest absolute Gasteiger partial charge is 0.0622 e. The Kier molecular flexibility index (Phi) is 2.15. The molecular weight excluding hydrogens is 156 g/mol. The number of benzene rings is 1. The van der Waals surface area contributed by atoms with Crippen molar-refractivity contribution in [2.45, 2.75) is 39.5 Å². The first-order valence-electron chi connectivity index (χ1n) is 5.26. The Labute approximate surface area is 81.0 Å². The Balaban J connectivity index is 2.43.